The molecule has 1 aliphatic rings. The van der Waals surface area contributed by atoms with Crippen LogP contribution in [0.1, 0.15) is 22.8 Å². The Bertz CT molecular complexity index is 536. The molecule has 1 N–H and O–H groups in total. The first-order chi connectivity index (χ1) is 8.06. The Labute approximate surface area is 99.8 Å². The number of nitrogens with one attached hydrogen (secondary N) is 1. The molecule has 1 aliphatic heterocycles. The van der Waals surface area contributed by atoms with E-state index in [1.807, 2.05) is 19.1 Å². The average molecular weight is 227 g/mol. The van der Waals surface area contributed by atoms with Crippen LogP contribution in [0.15, 0.2) is 47.7 Å². The van der Waals surface area contributed by atoms with E-state index in [1.54, 1.807) is 25.1 Å². The van der Waals surface area contributed by atoms with E-state index in [0.29, 0.717) is 16.8 Å². The van der Waals surface area contributed by atoms with Crippen molar-refractivity contribution in [2.75, 3.05) is 0 Å². The number of hydrogen-bond donors (Lipinski definition) is 1. The third-order valence-electron chi connectivity index (χ3n) is 2.61. The number of ketones is 1. The van der Waals surface area contributed by atoms with Crippen LogP contribution in [0.5, 0.6) is 0 Å². The van der Waals surface area contributed by atoms with Crippen molar-refractivity contribution in [2.24, 2.45) is 0 Å². The minimum Gasteiger partial charge on any atom is -0.322 e. The van der Waals surface area contributed by atoms with E-state index in [4.69, 9.17) is 0 Å². The van der Waals surface area contributed by atoms with Crippen LogP contribution in [-0.4, -0.2) is 11.7 Å². The zero-order valence-electron chi connectivity index (χ0n) is 9.78. The van der Waals surface area contributed by atoms with Crippen molar-refractivity contribution in [1.82, 2.24) is 5.32 Å². The number of carbonyl (C=O) groups excluding carboxylic acids is 2. The van der Waals surface area contributed by atoms with Gasteiger partial charge < -0.3 is 5.32 Å². The van der Waals surface area contributed by atoms with E-state index in [0.717, 1.165) is 5.56 Å². The highest BCUT2D eigenvalue weighted by molar-refractivity contribution is 6.07. The number of benzene rings is 1. The smallest absolute Gasteiger partial charge is 0.251 e. The first kappa shape index (κ1) is 11.3. The summed E-state index contributed by atoms with van der Waals surface area (Å²) < 4.78 is 0. The van der Waals surface area contributed by atoms with Crippen molar-refractivity contribution >= 4 is 11.7 Å². The third kappa shape index (κ3) is 2.50. The fraction of sp³-hybridized carbons (Fsp3) is 0.143. The fourth-order valence-electron chi connectivity index (χ4n) is 1.58. The number of rotatable bonds is 2. The molecule has 3 heteroatoms. The van der Waals surface area contributed by atoms with Crippen molar-refractivity contribution < 1.29 is 9.59 Å². The van der Waals surface area contributed by atoms with Gasteiger partial charge in [-0.2, -0.15) is 0 Å². The average Bonchev–Trinajstić information content (AvgIpc) is 2.58. The van der Waals surface area contributed by atoms with Gasteiger partial charge in [-0.15, -0.1) is 0 Å². The molecular weight excluding hydrogens is 214 g/mol. The molecule has 0 radical (unpaired) electrons. The van der Waals surface area contributed by atoms with Crippen molar-refractivity contribution in [1.29, 1.82) is 0 Å². The quantitative estimate of drug-likeness (QED) is 0.621. The highest BCUT2D eigenvalue weighted by Crippen LogP contribution is 2.11. The summed E-state index contributed by atoms with van der Waals surface area (Å²) >= 11 is 0. The van der Waals surface area contributed by atoms with Gasteiger partial charge in [0.1, 0.15) is 0 Å². The zero-order valence-corrected chi connectivity index (χ0v) is 9.78. The van der Waals surface area contributed by atoms with Crippen molar-refractivity contribution in [2.45, 2.75) is 13.8 Å². The van der Waals surface area contributed by atoms with Gasteiger partial charge in [0, 0.05) is 22.9 Å². The molecule has 0 aliphatic carbocycles. The standard InChI is InChI=1S/C14H13NO2/c1-9-3-5-11(6-4-9)13(16)8-12-7-10(2)14(17)15-12/h3-8H,1-2H3,(H,15,17)/b12-8-. The van der Waals surface area contributed by atoms with E-state index in [9.17, 15) is 9.59 Å². The predicted molar refractivity (Wildman–Crippen MR) is 65.5 cm³/mol. The molecule has 0 unspecified atom stereocenters. The highest BCUT2D eigenvalue weighted by atomic mass is 16.2. The van der Waals surface area contributed by atoms with Crippen LogP contribution in [0.25, 0.3) is 0 Å². The maximum atomic E-state index is 11.9. The summed E-state index contributed by atoms with van der Waals surface area (Å²) in [6, 6.07) is 7.34. The molecule has 2 rings (SSSR count). The van der Waals surface area contributed by atoms with Gasteiger partial charge in [0.15, 0.2) is 5.78 Å². The lowest BCUT2D eigenvalue weighted by molar-refractivity contribution is -0.116. The molecule has 0 spiro atoms. The summed E-state index contributed by atoms with van der Waals surface area (Å²) in [5.74, 6) is -0.251. The summed E-state index contributed by atoms with van der Waals surface area (Å²) in [5.41, 5.74) is 2.90. The van der Waals surface area contributed by atoms with Gasteiger partial charge in [-0.3, -0.25) is 9.59 Å². The van der Waals surface area contributed by atoms with Gasteiger partial charge >= 0.3 is 0 Å². The molecule has 3 nitrogen and oxygen atoms in total. The second kappa shape index (κ2) is 4.37. The number of carbonyl (C=O) groups is 2. The number of allylic oxidation sites excluding steroid dienone is 2. The van der Waals surface area contributed by atoms with Gasteiger partial charge in [-0.05, 0) is 19.9 Å². The van der Waals surface area contributed by atoms with Crippen LogP contribution < -0.4 is 5.32 Å². The summed E-state index contributed by atoms with van der Waals surface area (Å²) in [6.45, 7) is 3.68. The lowest BCUT2D eigenvalue weighted by atomic mass is 10.1. The molecule has 0 saturated heterocycles. The topological polar surface area (TPSA) is 46.2 Å². The largest absolute Gasteiger partial charge is 0.322 e. The Balaban J connectivity index is 2.20. The van der Waals surface area contributed by atoms with Crippen LogP contribution >= 0.6 is 0 Å². The molecule has 1 amide bonds. The van der Waals surface area contributed by atoms with E-state index in [2.05, 4.69) is 5.32 Å². The van der Waals surface area contributed by atoms with Crippen molar-refractivity contribution in [3.63, 3.8) is 0 Å². The summed E-state index contributed by atoms with van der Waals surface area (Å²) in [6.07, 6.45) is 3.12. The first-order valence-electron chi connectivity index (χ1n) is 5.38. The van der Waals surface area contributed by atoms with E-state index < -0.39 is 0 Å². The highest BCUT2D eigenvalue weighted by Gasteiger charge is 2.15. The van der Waals surface area contributed by atoms with Crippen molar-refractivity contribution in [3.05, 3.63) is 58.8 Å². The van der Waals surface area contributed by atoms with E-state index in [1.165, 1.54) is 6.08 Å². The van der Waals surface area contributed by atoms with E-state index in [-0.39, 0.29) is 11.7 Å². The van der Waals surface area contributed by atoms with Crippen LogP contribution in [0.4, 0.5) is 0 Å². The third-order valence-corrected chi connectivity index (χ3v) is 2.61. The molecule has 0 atom stereocenters. The Hall–Kier alpha value is -2.16. The molecule has 1 aromatic carbocycles. The van der Waals surface area contributed by atoms with Crippen LogP contribution in [-0.2, 0) is 4.79 Å². The lowest BCUT2D eigenvalue weighted by Gasteiger charge is -1.98. The van der Waals surface area contributed by atoms with Crippen molar-refractivity contribution in [3.8, 4) is 0 Å². The maximum absolute atomic E-state index is 11.9. The second-order valence-corrected chi connectivity index (χ2v) is 4.11. The minimum absolute atomic E-state index is 0.105. The SMILES string of the molecule is CC1=C/C(=C/C(=O)c2ccc(C)cc2)NC1=O. The monoisotopic (exact) mass is 227 g/mol. The zero-order chi connectivity index (χ0) is 12.4. The molecule has 1 heterocycles. The summed E-state index contributed by atoms with van der Waals surface area (Å²) in [4.78, 5) is 23.1. The minimum atomic E-state index is -0.145. The second-order valence-electron chi connectivity index (χ2n) is 4.11. The molecule has 0 bridgehead atoms. The van der Waals surface area contributed by atoms with Crippen LogP contribution in [0.3, 0.4) is 0 Å². The maximum Gasteiger partial charge on any atom is 0.251 e. The van der Waals surface area contributed by atoms with Gasteiger partial charge in [0.05, 0.1) is 0 Å². The van der Waals surface area contributed by atoms with E-state index >= 15 is 0 Å². The van der Waals surface area contributed by atoms with Gasteiger partial charge in [-0.25, -0.2) is 0 Å². The number of aryl methyl sites for hydroxylation is 1. The molecule has 0 saturated carbocycles. The van der Waals surface area contributed by atoms with Gasteiger partial charge in [0.25, 0.3) is 5.91 Å². The molecule has 86 valence electrons. The van der Waals surface area contributed by atoms with Crippen LogP contribution in [0, 0.1) is 6.92 Å². The number of hydrogen-bond acceptors (Lipinski definition) is 2. The Morgan fingerprint density at radius 3 is 2.35 bits per heavy atom. The van der Waals surface area contributed by atoms with Crippen LogP contribution in [0.2, 0.25) is 0 Å². The Morgan fingerprint density at radius 1 is 1.18 bits per heavy atom. The van der Waals surface area contributed by atoms with Gasteiger partial charge in [-0.1, -0.05) is 29.8 Å². The molecule has 0 aromatic heterocycles. The summed E-state index contributed by atoms with van der Waals surface area (Å²) in [7, 11) is 0. The first-order valence-corrected chi connectivity index (χ1v) is 5.38. The predicted octanol–water partition coefficient (Wildman–Crippen LogP) is 2.14. The normalized spacial score (nSPS) is 16.9. The Kier molecular flexibility index (Phi) is 2.91. The Morgan fingerprint density at radius 2 is 1.82 bits per heavy atom. The fourth-order valence-corrected chi connectivity index (χ4v) is 1.58. The molecular formula is C14H13NO2. The molecule has 0 fully saturated rings. The van der Waals surface area contributed by atoms with Gasteiger partial charge in [0.2, 0.25) is 0 Å². The molecule has 17 heavy (non-hydrogen) atoms. The summed E-state index contributed by atoms with van der Waals surface area (Å²) in [5, 5.41) is 2.62. The molecule has 1 aromatic rings. The lowest BCUT2D eigenvalue weighted by Crippen LogP contribution is -2.16. The number of amides is 1.